The van der Waals surface area contributed by atoms with Crippen molar-refractivity contribution in [3.05, 3.63) is 29.8 Å². The Morgan fingerprint density at radius 2 is 1.69 bits per heavy atom. The molecule has 1 saturated heterocycles. The van der Waals surface area contributed by atoms with Crippen LogP contribution in [0.3, 0.4) is 0 Å². The van der Waals surface area contributed by atoms with E-state index < -0.39 is 22.1 Å². The molecule has 1 heterocycles. The van der Waals surface area contributed by atoms with Crippen molar-refractivity contribution in [2.45, 2.75) is 51.0 Å². The number of nitrogens with one attached hydrogen (secondary N) is 1. The second-order valence-corrected chi connectivity index (χ2v) is 9.75. The van der Waals surface area contributed by atoms with Crippen molar-refractivity contribution in [3.8, 4) is 0 Å². The van der Waals surface area contributed by atoms with E-state index in [2.05, 4.69) is 12.2 Å². The molecule has 0 bridgehead atoms. The molecule has 29 heavy (non-hydrogen) atoms. The van der Waals surface area contributed by atoms with Crippen LogP contribution in [0.15, 0.2) is 29.2 Å². The number of hydrogen-bond donors (Lipinski definition) is 2. The molecule has 162 valence electrons. The molecule has 1 fully saturated rings. The van der Waals surface area contributed by atoms with Crippen molar-refractivity contribution in [3.63, 3.8) is 0 Å². The predicted octanol–water partition coefficient (Wildman–Crippen LogP) is 1.56. The largest absolute Gasteiger partial charge is 0.352 e. The van der Waals surface area contributed by atoms with Crippen LogP contribution >= 0.6 is 0 Å². The summed E-state index contributed by atoms with van der Waals surface area (Å²) in [4.78, 5) is 25.9. The van der Waals surface area contributed by atoms with E-state index in [9.17, 15) is 18.0 Å². The highest BCUT2D eigenvalue weighted by Crippen LogP contribution is 2.19. The molecule has 0 radical (unpaired) electrons. The number of primary amides is 1. The maximum Gasteiger partial charge on any atom is 0.312 e. The molecule has 0 aliphatic carbocycles. The topological polar surface area (TPSA) is 113 Å². The van der Waals surface area contributed by atoms with Crippen molar-refractivity contribution in [2.75, 3.05) is 26.2 Å². The van der Waals surface area contributed by atoms with Gasteiger partial charge in [-0.2, -0.15) is 4.31 Å². The minimum atomic E-state index is -3.60. The lowest BCUT2D eigenvalue weighted by molar-refractivity contribution is -0.134. The van der Waals surface area contributed by atoms with E-state index in [-0.39, 0.29) is 42.9 Å². The summed E-state index contributed by atoms with van der Waals surface area (Å²) < 4.78 is 27.2. The van der Waals surface area contributed by atoms with Crippen molar-refractivity contribution >= 4 is 22.0 Å². The highest BCUT2D eigenvalue weighted by molar-refractivity contribution is 7.89. The summed E-state index contributed by atoms with van der Waals surface area (Å²) in [6, 6.07) is 5.56. The Balaban J connectivity index is 2.02. The van der Waals surface area contributed by atoms with Gasteiger partial charge in [-0.3, -0.25) is 4.79 Å². The normalized spacial score (nSPS) is 16.6. The fraction of sp³-hybridized carbons (Fsp3) is 0.600. The molecule has 0 spiro atoms. The second kappa shape index (κ2) is 10.1. The maximum absolute atomic E-state index is 12.9. The molecular formula is C20H32N4O4S. The molecule has 1 aliphatic heterocycles. The first-order chi connectivity index (χ1) is 13.6. The van der Waals surface area contributed by atoms with E-state index in [1.165, 1.54) is 4.31 Å². The fourth-order valence-electron chi connectivity index (χ4n) is 3.50. The fourth-order valence-corrected chi connectivity index (χ4v) is 4.92. The first kappa shape index (κ1) is 23.2. The monoisotopic (exact) mass is 424 g/mol. The Morgan fingerprint density at radius 3 is 2.17 bits per heavy atom. The number of benzene rings is 1. The van der Waals surface area contributed by atoms with Crippen molar-refractivity contribution in [1.29, 1.82) is 0 Å². The molecule has 9 heteroatoms. The van der Waals surface area contributed by atoms with Crippen LogP contribution in [-0.4, -0.2) is 61.8 Å². The Morgan fingerprint density at radius 1 is 1.10 bits per heavy atom. The van der Waals surface area contributed by atoms with Gasteiger partial charge < -0.3 is 16.0 Å². The Labute approximate surface area is 173 Å². The Hall–Kier alpha value is -2.13. The van der Waals surface area contributed by atoms with Crippen LogP contribution < -0.4 is 11.1 Å². The molecule has 1 atom stereocenters. The van der Waals surface area contributed by atoms with E-state index in [0.29, 0.717) is 6.42 Å². The predicted molar refractivity (Wildman–Crippen MR) is 112 cm³/mol. The molecule has 1 aliphatic rings. The number of piperazine rings is 1. The zero-order valence-electron chi connectivity index (χ0n) is 17.4. The van der Waals surface area contributed by atoms with Crippen molar-refractivity contribution < 1.29 is 18.0 Å². The number of carbonyl (C=O) groups excluding carboxylic acids is 2. The van der Waals surface area contributed by atoms with Crippen LogP contribution in [0, 0.1) is 5.92 Å². The van der Waals surface area contributed by atoms with Gasteiger partial charge in [-0.1, -0.05) is 39.3 Å². The number of rotatable bonds is 8. The Kier molecular flexibility index (Phi) is 8.04. The highest BCUT2D eigenvalue weighted by Gasteiger charge is 2.33. The average molecular weight is 425 g/mol. The SMILES string of the molecule is CCCc1ccc(S(=O)(=O)N2CCN(C(=O)C(CC(C)C)NC(N)=O)CC2)cc1. The van der Waals surface area contributed by atoms with Gasteiger partial charge in [-0.15, -0.1) is 0 Å². The average Bonchev–Trinajstić information content (AvgIpc) is 2.67. The third kappa shape index (κ3) is 6.17. The molecule has 0 saturated carbocycles. The third-order valence-corrected chi connectivity index (χ3v) is 6.88. The lowest BCUT2D eigenvalue weighted by Gasteiger charge is -2.36. The zero-order valence-corrected chi connectivity index (χ0v) is 18.2. The Bertz CT molecular complexity index is 800. The molecule has 1 aromatic rings. The third-order valence-electron chi connectivity index (χ3n) is 4.97. The smallest absolute Gasteiger partial charge is 0.312 e. The summed E-state index contributed by atoms with van der Waals surface area (Å²) in [5.41, 5.74) is 6.31. The van der Waals surface area contributed by atoms with Crippen LogP contribution in [0.4, 0.5) is 4.79 Å². The molecule has 0 aromatic heterocycles. The number of aryl methyl sites for hydroxylation is 1. The highest BCUT2D eigenvalue weighted by atomic mass is 32.2. The van der Waals surface area contributed by atoms with Crippen LogP contribution in [0.1, 0.15) is 39.2 Å². The lowest BCUT2D eigenvalue weighted by atomic mass is 10.0. The van der Waals surface area contributed by atoms with Gasteiger partial charge in [-0.25, -0.2) is 13.2 Å². The summed E-state index contributed by atoms with van der Waals surface area (Å²) in [7, 11) is -3.60. The first-order valence-corrected chi connectivity index (χ1v) is 11.5. The van der Waals surface area contributed by atoms with Crippen LogP contribution in [0.2, 0.25) is 0 Å². The molecule has 1 unspecified atom stereocenters. The molecule has 3 N–H and O–H groups in total. The number of urea groups is 1. The van der Waals surface area contributed by atoms with E-state index in [0.717, 1.165) is 18.4 Å². The van der Waals surface area contributed by atoms with Crippen LogP contribution in [-0.2, 0) is 21.2 Å². The standard InChI is InChI=1S/C20H32N4O4S/c1-4-5-16-6-8-17(9-7-16)29(27,28)24-12-10-23(11-13-24)19(25)18(14-15(2)3)22-20(21)26/h6-9,15,18H,4-5,10-14H2,1-3H3,(H3,21,22,26). The second-order valence-electron chi connectivity index (χ2n) is 7.81. The quantitative estimate of drug-likeness (QED) is 0.659. The zero-order chi connectivity index (χ0) is 21.6. The van der Waals surface area contributed by atoms with Crippen molar-refractivity contribution in [2.24, 2.45) is 11.7 Å². The number of amides is 3. The van der Waals surface area contributed by atoms with Crippen LogP contribution in [0.25, 0.3) is 0 Å². The van der Waals surface area contributed by atoms with Gasteiger partial charge >= 0.3 is 6.03 Å². The van der Waals surface area contributed by atoms with Gasteiger partial charge in [0.2, 0.25) is 15.9 Å². The first-order valence-electron chi connectivity index (χ1n) is 10.1. The van der Waals surface area contributed by atoms with Gasteiger partial charge in [0, 0.05) is 26.2 Å². The van der Waals surface area contributed by atoms with E-state index in [4.69, 9.17) is 5.73 Å². The summed E-state index contributed by atoms with van der Waals surface area (Å²) in [6.45, 7) is 6.99. The number of carbonyl (C=O) groups is 2. The molecular weight excluding hydrogens is 392 g/mol. The number of sulfonamides is 1. The van der Waals surface area contributed by atoms with E-state index in [1.54, 1.807) is 17.0 Å². The van der Waals surface area contributed by atoms with Crippen LogP contribution in [0.5, 0.6) is 0 Å². The summed E-state index contributed by atoms with van der Waals surface area (Å²) in [5.74, 6) is -0.0217. The van der Waals surface area contributed by atoms with Gasteiger partial charge in [-0.05, 0) is 36.5 Å². The van der Waals surface area contributed by atoms with Crippen molar-refractivity contribution in [1.82, 2.24) is 14.5 Å². The van der Waals surface area contributed by atoms with Gasteiger partial charge in [0.15, 0.2) is 0 Å². The number of nitrogens with zero attached hydrogens (tertiary/aromatic N) is 2. The number of nitrogens with two attached hydrogens (primary N) is 1. The van der Waals surface area contributed by atoms with E-state index >= 15 is 0 Å². The molecule has 1 aromatic carbocycles. The summed E-state index contributed by atoms with van der Waals surface area (Å²) in [6.07, 6.45) is 2.40. The minimum absolute atomic E-state index is 0.202. The number of hydrogen-bond acceptors (Lipinski definition) is 4. The summed E-state index contributed by atoms with van der Waals surface area (Å²) in [5, 5.41) is 2.51. The van der Waals surface area contributed by atoms with Gasteiger partial charge in [0.25, 0.3) is 0 Å². The molecule has 8 nitrogen and oxygen atoms in total. The van der Waals surface area contributed by atoms with Gasteiger partial charge in [0.05, 0.1) is 4.90 Å². The molecule has 2 rings (SSSR count). The van der Waals surface area contributed by atoms with E-state index in [1.807, 2.05) is 26.0 Å². The van der Waals surface area contributed by atoms with Gasteiger partial charge in [0.1, 0.15) is 6.04 Å². The lowest BCUT2D eigenvalue weighted by Crippen LogP contribution is -2.56. The summed E-state index contributed by atoms with van der Waals surface area (Å²) >= 11 is 0. The molecule has 3 amide bonds. The maximum atomic E-state index is 12.9. The minimum Gasteiger partial charge on any atom is -0.352 e.